The molecule has 1 saturated heterocycles. The lowest BCUT2D eigenvalue weighted by Gasteiger charge is -2.39. The maximum absolute atomic E-state index is 8.71. The van der Waals surface area contributed by atoms with Gasteiger partial charge >= 0.3 is 0 Å². The van der Waals surface area contributed by atoms with Crippen LogP contribution >= 0.6 is 0 Å². The summed E-state index contributed by atoms with van der Waals surface area (Å²) in [5.41, 5.74) is 8.75. The Morgan fingerprint density at radius 2 is 2.16 bits per heavy atom. The van der Waals surface area contributed by atoms with Gasteiger partial charge in [0.15, 0.2) is 5.84 Å². The average molecular weight is 262 g/mol. The quantitative estimate of drug-likeness (QED) is 0.364. The molecular formula is C14H22N4O. The van der Waals surface area contributed by atoms with Gasteiger partial charge in [-0.3, -0.25) is 0 Å². The third kappa shape index (κ3) is 2.81. The van der Waals surface area contributed by atoms with E-state index in [0.717, 1.165) is 30.8 Å². The number of nitrogens with two attached hydrogens (primary N) is 1. The van der Waals surface area contributed by atoms with Crippen molar-refractivity contribution in [2.75, 3.05) is 31.6 Å². The summed E-state index contributed by atoms with van der Waals surface area (Å²) >= 11 is 0. The Morgan fingerprint density at radius 3 is 2.74 bits per heavy atom. The second-order valence-electron chi connectivity index (χ2n) is 5.26. The second kappa shape index (κ2) is 5.48. The summed E-state index contributed by atoms with van der Waals surface area (Å²) in [7, 11) is 2.16. The molecule has 5 nitrogen and oxygen atoms in total. The molecule has 1 unspecified atom stereocenters. The highest BCUT2D eigenvalue weighted by molar-refractivity contribution is 5.97. The number of hydrogen-bond acceptors (Lipinski definition) is 4. The molecule has 0 aliphatic carbocycles. The molecule has 1 aliphatic rings. The summed E-state index contributed by atoms with van der Waals surface area (Å²) in [6.45, 7) is 7.44. The van der Waals surface area contributed by atoms with Gasteiger partial charge in [0.1, 0.15) is 0 Å². The van der Waals surface area contributed by atoms with Crippen LogP contribution in [-0.4, -0.2) is 48.7 Å². The predicted octanol–water partition coefficient (Wildman–Crippen LogP) is 1.23. The van der Waals surface area contributed by atoms with Crippen LogP contribution in [0.2, 0.25) is 0 Å². The summed E-state index contributed by atoms with van der Waals surface area (Å²) in [5, 5.41) is 11.7. The zero-order chi connectivity index (χ0) is 14.0. The molecular weight excluding hydrogens is 240 g/mol. The number of benzene rings is 1. The molecule has 1 aliphatic heterocycles. The smallest absolute Gasteiger partial charge is 0.170 e. The van der Waals surface area contributed by atoms with Crippen LogP contribution in [0.3, 0.4) is 0 Å². The van der Waals surface area contributed by atoms with Crippen molar-refractivity contribution in [1.29, 1.82) is 0 Å². The van der Waals surface area contributed by atoms with Gasteiger partial charge in [0.2, 0.25) is 0 Å². The first kappa shape index (κ1) is 13.7. The Morgan fingerprint density at radius 1 is 1.42 bits per heavy atom. The molecule has 1 fully saturated rings. The Bertz CT molecular complexity index is 486. The van der Waals surface area contributed by atoms with Crippen LogP contribution in [0.4, 0.5) is 5.69 Å². The first-order valence-corrected chi connectivity index (χ1v) is 6.56. The fraction of sp³-hybridized carbons (Fsp3) is 0.500. The van der Waals surface area contributed by atoms with Gasteiger partial charge in [-0.05, 0) is 44.7 Å². The van der Waals surface area contributed by atoms with E-state index < -0.39 is 0 Å². The molecule has 1 atom stereocenters. The van der Waals surface area contributed by atoms with E-state index in [1.54, 1.807) is 0 Å². The summed E-state index contributed by atoms with van der Waals surface area (Å²) in [6, 6.07) is 6.48. The second-order valence-corrected chi connectivity index (χ2v) is 5.26. The van der Waals surface area contributed by atoms with Gasteiger partial charge in [-0.2, -0.15) is 0 Å². The van der Waals surface area contributed by atoms with Crippen LogP contribution in [0.15, 0.2) is 23.4 Å². The number of amidine groups is 1. The van der Waals surface area contributed by atoms with Crippen LogP contribution < -0.4 is 10.6 Å². The Kier molecular flexibility index (Phi) is 3.95. The van der Waals surface area contributed by atoms with E-state index in [0.29, 0.717) is 6.04 Å². The van der Waals surface area contributed by atoms with Gasteiger partial charge in [0.25, 0.3) is 0 Å². The number of hydrogen-bond donors (Lipinski definition) is 2. The van der Waals surface area contributed by atoms with Crippen molar-refractivity contribution in [1.82, 2.24) is 4.90 Å². The van der Waals surface area contributed by atoms with Gasteiger partial charge in [-0.15, -0.1) is 0 Å². The van der Waals surface area contributed by atoms with Crippen LogP contribution in [0.25, 0.3) is 0 Å². The van der Waals surface area contributed by atoms with Gasteiger partial charge in [-0.1, -0.05) is 5.16 Å². The topological polar surface area (TPSA) is 65.1 Å². The molecule has 1 heterocycles. The summed E-state index contributed by atoms with van der Waals surface area (Å²) in [4.78, 5) is 4.77. The fourth-order valence-corrected chi connectivity index (χ4v) is 2.49. The van der Waals surface area contributed by atoms with E-state index in [-0.39, 0.29) is 5.84 Å². The first-order chi connectivity index (χ1) is 9.02. The van der Waals surface area contributed by atoms with E-state index >= 15 is 0 Å². The molecule has 1 aromatic rings. The minimum atomic E-state index is 0.154. The highest BCUT2D eigenvalue weighted by Crippen LogP contribution is 2.23. The van der Waals surface area contributed by atoms with Crippen molar-refractivity contribution in [3.8, 4) is 0 Å². The van der Waals surface area contributed by atoms with Crippen LogP contribution in [0, 0.1) is 6.92 Å². The average Bonchev–Trinajstić information content (AvgIpc) is 2.41. The lowest BCUT2D eigenvalue weighted by molar-refractivity contribution is 0.234. The molecule has 0 saturated carbocycles. The Hall–Kier alpha value is -1.75. The lowest BCUT2D eigenvalue weighted by Crippen LogP contribution is -2.50. The predicted molar refractivity (Wildman–Crippen MR) is 78.0 cm³/mol. The number of nitrogens with zero attached hydrogens (tertiary/aromatic N) is 3. The highest BCUT2D eigenvalue weighted by atomic mass is 16.4. The molecule has 19 heavy (non-hydrogen) atoms. The van der Waals surface area contributed by atoms with Gasteiger partial charge < -0.3 is 20.7 Å². The minimum absolute atomic E-state index is 0.154. The van der Waals surface area contributed by atoms with Crippen molar-refractivity contribution in [2.45, 2.75) is 19.9 Å². The molecule has 0 bridgehead atoms. The molecule has 0 radical (unpaired) electrons. The number of anilines is 1. The lowest BCUT2D eigenvalue weighted by atomic mass is 10.1. The fourth-order valence-electron chi connectivity index (χ4n) is 2.49. The normalized spacial score (nSPS) is 21.7. The van der Waals surface area contributed by atoms with E-state index in [4.69, 9.17) is 10.9 Å². The molecule has 5 heteroatoms. The monoisotopic (exact) mass is 262 g/mol. The number of oxime groups is 1. The van der Waals surface area contributed by atoms with Crippen molar-refractivity contribution >= 4 is 11.5 Å². The van der Waals surface area contributed by atoms with Gasteiger partial charge in [0.05, 0.1) is 0 Å². The summed E-state index contributed by atoms with van der Waals surface area (Å²) in [5.74, 6) is 0.154. The van der Waals surface area contributed by atoms with Gasteiger partial charge in [0, 0.05) is 36.9 Å². The van der Waals surface area contributed by atoms with Crippen molar-refractivity contribution in [2.24, 2.45) is 10.9 Å². The molecule has 0 amide bonds. The standard InChI is InChI=1S/C14H22N4O/c1-10-8-12(14(15)16-19)4-5-13(10)18-7-6-17(3)11(2)9-18/h4-5,8,11,19H,6-7,9H2,1-3H3,(H2,15,16). The highest BCUT2D eigenvalue weighted by Gasteiger charge is 2.21. The molecule has 1 aromatic carbocycles. The SMILES string of the molecule is Cc1cc(/C(N)=N/O)ccc1N1CCN(C)C(C)C1. The van der Waals surface area contributed by atoms with E-state index in [1.165, 1.54) is 5.69 Å². The third-order valence-electron chi connectivity index (χ3n) is 3.90. The molecule has 3 N–H and O–H groups in total. The Balaban J connectivity index is 2.22. The van der Waals surface area contributed by atoms with Gasteiger partial charge in [-0.25, -0.2) is 0 Å². The maximum atomic E-state index is 8.71. The van der Waals surface area contributed by atoms with E-state index in [1.807, 2.05) is 12.1 Å². The van der Waals surface area contributed by atoms with Crippen LogP contribution in [0.5, 0.6) is 0 Å². The summed E-state index contributed by atoms with van der Waals surface area (Å²) < 4.78 is 0. The maximum Gasteiger partial charge on any atom is 0.170 e. The van der Waals surface area contributed by atoms with E-state index in [9.17, 15) is 0 Å². The van der Waals surface area contributed by atoms with Crippen molar-refractivity contribution < 1.29 is 5.21 Å². The third-order valence-corrected chi connectivity index (χ3v) is 3.90. The summed E-state index contributed by atoms with van der Waals surface area (Å²) in [6.07, 6.45) is 0. The van der Waals surface area contributed by atoms with E-state index in [2.05, 4.69) is 41.9 Å². The molecule has 0 aromatic heterocycles. The number of aryl methyl sites for hydroxylation is 1. The number of likely N-dealkylation sites (N-methyl/N-ethyl adjacent to an activating group) is 1. The molecule has 2 rings (SSSR count). The van der Waals surface area contributed by atoms with Crippen molar-refractivity contribution in [3.63, 3.8) is 0 Å². The number of piperazine rings is 1. The molecule has 0 spiro atoms. The largest absolute Gasteiger partial charge is 0.409 e. The van der Waals surface area contributed by atoms with Crippen LogP contribution in [0.1, 0.15) is 18.1 Å². The first-order valence-electron chi connectivity index (χ1n) is 6.56. The zero-order valence-electron chi connectivity index (χ0n) is 11.8. The van der Waals surface area contributed by atoms with Crippen molar-refractivity contribution in [3.05, 3.63) is 29.3 Å². The zero-order valence-corrected chi connectivity index (χ0v) is 11.8. The Labute approximate surface area is 114 Å². The molecule has 104 valence electrons. The number of rotatable bonds is 2. The minimum Gasteiger partial charge on any atom is -0.409 e. The van der Waals surface area contributed by atoms with Crippen LogP contribution in [-0.2, 0) is 0 Å².